The van der Waals surface area contributed by atoms with Gasteiger partial charge in [0.25, 0.3) is 0 Å². The maximum absolute atomic E-state index is 12.2. The quantitative estimate of drug-likeness (QED) is 0.859. The lowest BCUT2D eigenvalue weighted by Crippen LogP contribution is -2.38. The predicted molar refractivity (Wildman–Crippen MR) is 80.0 cm³/mol. The summed E-state index contributed by atoms with van der Waals surface area (Å²) in [4.78, 5) is 20.7. The van der Waals surface area contributed by atoms with Gasteiger partial charge >= 0.3 is 0 Å². The van der Waals surface area contributed by atoms with Crippen LogP contribution in [0.1, 0.15) is 12.8 Å². The van der Waals surface area contributed by atoms with E-state index in [2.05, 4.69) is 9.88 Å². The Morgan fingerprint density at radius 1 is 1.50 bits per heavy atom. The van der Waals surface area contributed by atoms with E-state index in [0.29, 0.717) is 13.0 Å². The van der Waals surface area contributed by atoms with Gasteiger partial charge in [0.2, 0.25) is 5.91 Å². The van der Waals surface area contributed by atoms with Crippen molar-refractivity contribution in [2.45, 2.75) is 18.9 Å². The number of anilines is 1. The number of ether oxygens (including phenoxy) is 1. The molecule has 1 amide bonds. The molecule has 6 nitrogen and oxygen atoms in total. The van der Waals surface area contributed by atoms with Crippen LogP contribution in [0.4, 0.5) is 5.13 Å². The molecule has 7 heteroatoms. The van der Waals surface area contributed by atoms with Gasteiger partial charge in [0.15, 0.2) is 5.13 Å². The maximum Gasteiger partial charge on any atom is 0.225 e. The molecular weight excluding hydrogens is 276 g/mol. The van der Waals surface area contributed by atoms with Crippen molar-refractivity contribution in [3.05, 3.63) is 11.6 Å². The van der Waals surface area contributed by atoms with Crippen LogP contribution in [0.5, 0.6) is 0 Å². The monoisotopic (exact) mass is 298 g/mol. The second-order valence-electron chi connectivity index (χ2n) is 4.83. The predicted octanol–water partition coefficient (Wildman–Crippen LogP) is 0.546. The number of aromatic nitrogens is 1. The lowest BCUT2D eigenvalue weighted by Gasteiger charge is -2.23. The lowest BCUT2D eigenvalue weighted by molar-refractivity contribution is -0.133. The number of thiazole rings is 1. The zero-order valence-electron chi connectivity index (χ0n) is 11.8. The van der Waals surface area contributed by atoms with E-state index in [1.165, 1.54) is 0 Å². The summed E-state index contributed by atoms with van der Waals surface area (Å²) in [6, 6.07) is 0. The van der Waals surface area contributed by atoms with Crippen LogP contribution in [-0.2, 0) is 9.53 Å². The third-order valence-electron chi connectivity index (χ3n) is 3.54. The first-order valence-corrected chi connectivity index (χ1v) is 7.77. The van der Waals surface area contributed by atoms with Crippen LogP contribution >= 0.6 is 11.3 Å². The highest BCUT2D eigenvalue weighted by molar-refractivity contribution is 7.13. The highest BCUT2D eigenvalue weighted by atomic mass is 32.1. The summed E-state index contributed by atoms with van der Waals surface area (Å²) in [6.07, 6.45) is 2.97. The zero-order valence-corrected chi connectivity index (χ0v) is 12.6. The fraction of sp³-hybridized carbons (Fsp3) is 0.692. The Morgan fingerprint density at radius 2 is 2.35 bits per heavy atom. The average Bonchev–Trinajstić information content (AvgIpc) is 2.89. The van der Waals surface area contributed by atoms with Gasteiger partial charge in [0.05, 0.1) is 12.5 Å². The van der Waals surface area contributed by atoms with E-state index in [4.69, 9.17) is 10.5 Å². The van der Waals surface area contributed by atoms with E-state index in [9.17, 15) is 4.79 Å². The van der Waals surface area contributed by atoms with Gasteiger partial charge in [-0.3, -0.25) is 4.79 Å². The smallest absolute Gasteiger partial charge is 0.225 e. The summed E-state index contributed by atoms with van der Waals surface area (Å²) < 4.78 is 5.18. The Morgan fingerprint density at radius 3 is 3.00 bits per heavy atom. The standard InChI is InChI=1S/C13H22N4O2S/c1-19-11(10-14)9-12(18)16-4-2-5-17(7-6-16)13-15-3-8-20-13/h3,8,11H,2,4-7,9-10,14H2,1H3. The van der Waals surface area contributed by atoms with Gasteiger partial charge in [-0.05, 0) is 6.42 Å². The first-order valence-electron chi connectivity index (χ1n) is 6.89. The molecule has 2 rings (SSSR count). The van der Waals surface area contributed by atoms with Gasteiger partial charge < -0.3 is 20.3 Å². The maximum atomic E-state index is 12.2. The Labute approximate surface area is 123 Å². The van der Waals surface area contributed by atoms with Crippen LogP contribution in [0.2, 0.25) is 0 Å². The van der Waals surface area contributed by atoms with Crippen molar-refractivity contribution in [3.63, 3.8) is 0 Å². The molecule has 1 aromatic heterocycles. The second-order valence-corrected chi connectivity index (χ2v) is 5.71. The Kier molecular flexibility index (Phi) is 5.75. The van der Waals surface area contributed by atoms with Crippen molar-refractivity contribution in [1.82, 2.24) is 9.88 Å². The summed E-state index contributed by atoms with van der Waals surface area (Å²) in [5.41, 5.74) is 5.57. The van der Waals surface area contributed by atoms with Gasteiger partial charge in [0, 0.05) is 51.4 Å². The number of carbonyl (C=O) groups excluding carboxylic acids is 1. The van der Waals surface area contributed by atoms with Crippen LogP contribution in [0, 0.1) is 0 Å². The Hall–Kier alpha value is -1.18. The lowest BCUT2D eigenvalue weighted by atomic mass is 10.2. The highest BCUT2D eigenvalue weighted by Crippen LogP contribution is 2.19. The summed E-state index contributed by atoms with van der Waals surface area (Å²) in [5, 5.41) is 3.02. The molecule has 1 fully saturated rings. The molecule has 1 aliphatic heterocycles. The van der Waals surface area contributed by atoms with Crippen molar-refractivity contribution < 1.29 is 9.53 Å². The van der Waals surface area contributed by atoms with Crippen molar-refractivity contribution in [1.29, 1.82) is 0 Å². The molecule has 2 heterocycles. The van der Waals surface area contributed by atoms with E-state index < -0.39 is 0 Å². The number of hydrogen-bond donors (Lipinski definition) is 1. The molecule has 0 aromatic carbocycles. The number of nitrogens with two attached hydrogens (primary N) is 1. The van der Waals surface area contributed by atoms with Crippen LogP contribution in [-0.4, -0.2) is 61.7 Å². The summed E-state index contributed by atoms with van der Waals surface area (Å²) in [6.45, 7) is 3.68. The zero-order chi connectivity index (χ0) is 14.4. The highest BCUT2D eigenvalue weighted by Gasteiger charge is 2.22. The second kappa shape index (κ2) is 7.56. The summed E-state index contributed by atoms with van der Waals surface area (Å²) in [7, 11) is 1.59. The number of methoxy groups -OCH3 is 1. The molecular formula is C13H22N4O2S. The molecule has 20 heavy (non-hydrogen) atoms. The molecule has 112 valence electrons. The molecule has 0 saturated carbocycles. The molecule has 1 atom stereocenters. The third-order valence-corrected chi connectivity index (χ3v) is 4.37. The fourth-order valence-corrected chi connectivity index (χ4v) is 3.01. The van der Waals surface area contributed by atoms with Gasteiger partial charge in [-0.2, -0.15) is 0 Å². The molecule has 0 radical (unpaired) electrons. The Bertz CT molecular complexity index is 409. The first kappa shape index (κ1) is 15.2. The number of rotatable bonds is 5. The van der Waals surface area contributed by atoms with E-state index in [1.54, 1.807) is 18.4 Å². The van der Waals surface area contributed by atoms with Gasteiger partial charge in [-0.25, -0.2) is 4.98 Å². The van der Waals surface area contributed by atoms with E-state index in [0.717, 1.165) is 37.7 Å². The topological polar surface area (TPSA) is 71.7 Å². The van der Waals surface area contributed by atoms with Crippen LogP contribution < -0.4 is 10.6 Å². The van der Waals surface area contributed by atoms with Crippen molar-refractivity contribution >= 4 is 22.4 Å². The molecule has 1 aromatic rings. The van der Waals surface area contributed by atoms with E-state index >= 15 is 0 Å². The van der Waals surface area contributed by atoms with Gasteiger partial charge in [0.1, 0.15) is 0 Å². The number of nitrogens with zero attached hydrogens (tertiary/aromatic N) is 3. The minimum atomic E-state index is -0.180. The Balaban J connectivity index is 1.87. The molecule has 1 unspecified atom stereocenters. The van der Waals surface area contributed by atoms with Crippen molar-refractivity contribution in [3.8, 4) is 0 Å². The summed E-state index contributed by atoms with van der Waals surface area (Å²) in [5.74, 6) is 0.128. The number of amides is 1. The van der Waals surface area contributed by atoms with Crippen molar-refractivity contribution in [2.24, 2.45) is 5.73 Å². The van der Waals surface area contributed by atoms with Gasteiger partial charge in [-0.15, -0.1) is 11.3 Å². The van der Waals surface area contributed by atoms with Crippen LogP contribution in [0.25, 0.3) is 0 Å². The van der Waals surface area contributed by atoms with Gasteiger partial charge in [-0.1, -0.05) is 0 Å². The van der Waals surface area contributed by atoms with Crippen LogP contribution in [0.3, 0.4) is 0 Å². The summed E-state index contributed by atoms with van der Waals surface area (Å²) >= 11 is 1.64. The fourth-order valence-electron chi connectivity index (χ4n) is 2.32. The number of carbonyl (C=O) groups is 1. The minimum absolute atomic E-state index is 0.128. The van der Waals surface area contributed by atoms with E-state index in [-0.39, 0.29) is 12.0 Å². The molecule has 1 aliphatic rings. The number of hydrogen-bond acceptors (Lipinski definition) is 6. The third kappa shape index (κ3) is 3.91. The molecule has 2 N–H and O–H groups in total. The first-order chi connectivity index (χ1) is 9.74. The van der Waals surface area contributed by atoms with Crippen LogP contribution in [0.15, 0.2) is 11.6 Å². The normalized spacial score (nSPS) is 17.9. The van der Waals surface area contributed by atoms with E-state index in [1.807, 2.05) is 16.5 Å². The SMILES string of the molecule is COC(CN)CC(=O)N1CCCN(c2nccs2)CC1. The molecule has 0 bridgehead atoms. The molecule has 0 aliphatic carbocycles. The average molecular weight is 298 g/mol. The van der Waals surface area contributed by atoms with Crippen molar-refractivity contribution in [2.75, 3.05) is 44.7 Å². The largest absolute Gasteiger partial charge is 0.380 e. The molecule has 1 saturated heterocycles. The molecule has 0 spiro atoms. The minimum Gasteiger partial charge on any atom is -0.380 e.